The fourth-order valence-electron chi connectivity index (χ4n) is 2.53. The average Bonchev–Trinajstić information content (AvgIpc) is 2.94. The molecule has 1 aromatic heterocycles. The summed E-state index contributed by atoms with van der Waals surface area (Å²) < 4.78 is 7.31. The van der Waals surface area contributed by atoms with Gasteiger partial charge >= 0.3 is 0 Å². The number of nitrogens with one attached hydrogen (secondary N) is 1. The number of hydrogen-bond donors (Lipinski definition) is 2. The van der Waals surface area contributed by atoms with E-state index in [-0.39, 0.29) is 12.2 Å². The number of carbonyl (C=O) groups excluding carboxylic acids is 1. The van der Waals surface area contributed by atoms with E-state index in [1.165, 1.54) is 4.68 Å². The summed E-state index contributed by atoms with van der Waals surface area (Å²) in [4.78, 5) is 12.3. The van der Waals surface area contributed by atoms with Gasteiger partial charge in [-0.05, 0) is 36.8 Å². The molecule has 0 radical (unpaired) electrons. The van der Waals surface area contributed by atoms with Gasteiger partial charge in [0.2, 0.25) is 0 Å². The number of aliphatic hydroxyl groups excluding tert-OH is 1. The van der Waals surface area contributed by atoms with E-state index in [0.717, 1.165) is 0 Å². The van der Waals surface area contributed by atoms with Crippen molar-refractivity contribution < 1.29 is 14.6 Å². The number of aromatic nitrogens is 2. The summed E-state index contributed by atoms with van der Waals surface area (Å²) in [5.74, 6) is 0.879. The van der Waals surface area contributed by atoms with Gasteiger partial charge in [0.05, 0.1) is 16.8 Å². The van der Waals surface area contributed by atoms with Gasteiger partial charge < -0.3 is 15.2 Å². The lowest BCUT2D eigenvalue weighted by atomic mass is 10.1. The van der Waals surface area contributed by atoms with Crippen LogP contribution in [0, 0.1) is 6.92 Å². The van der Waals surface area contributed by atoms with E-state index in [9.17, 15) is 9.90 Å². The Morgan fingerprint density at radius 2 is 1.93 bits per heavy atom. The minimum Gasteiger partial charge on any atom is -0.457 e. The van der Waals surface area contributed by atoms with E-state index in [0.29, 0.717) is 27.8 Å². The van der Waals surface area contributed by atoms with Crippen molar-refractivity contribution in [2.24, 2.45) is 7.05 Å². The fourth-order valence-corrected chi connectivity index (χ4v) is 2.77. The predicted molar refractivity (Wildman–Crippen MR) is 103 cm³/mol. The summed E-state index contributed by atoms with van der Waals surface area (Å²) in [5, 5.41) is 17.5. The number of ether oxygens (including phenoxy) is 1. The lowest BCUT2D eigenvalue weighted by Crippen LogP contribution is -2.29. The lowest BCUT2D eigenvalue weighted by Gasteiger charge is -2.13. The van der Waals surface area contributed by atoms with E-state index in [4.69, 9.17) is 16.3 Å². The Hall–Kier alpha value is -2.83. The van der Waals surface area contributed by atoms with Crippen LogP contribution in [0.3, 0.4) is 0 Å². The fraction of sp³-hybridized carbons (Fsp3) is 0.200. The van der Waals surface area contributed by atoms with E-state index < -0.39 is 12.0 Å². The predicted octanol–water partition coefficient (Wildman–Crippen LogP) is 3.64. The molecule has 0 aliphatic heterocycles. The first kappa shape index (κ1) is 18.9. The van der Waals surface area contributed by atoms with Crippen LogP contribution in [-0.2, 0) is 7.05 Å². The summed E-state index contributed by atoms with van der Waals surface area (Å²) in [7, 11) is 1.71. The van der Waals surface area contributed by atoms with Crippen molar-refractivity contribution in [2.45, 2.75) is 13.0 Å². The molecule has 3 aromatic rings. The normalized spacial score (nSPS) is 11.9. The highest BCUT2D eigenvalue weighted by atomic mass is 35.5. The Labute approximate surface area is 162 Å². The molecule has 0 unspecified atom stereocenters. The highest BCUT2D eigenvalue weighted by molar-refractivity contribution is 6.34. The molecular weight excluding hydrogens is 366 g/mol. The van der Waals surface area contributed by atoms with Crippen LogP contribution < -0.4 is 10.1 Å². The van der Waals surface area contributed by atoms with E-state index in [1.807, 2.05) is 30.3 Å². The van der Waals surface area contributed by atoms with Gasteiger partial charge in [-0.3, -0.25) is 9.48 Å². The topological polar surface area (TPSA) is 76.4 Å². The van der Waals surface area contributed by atoms with Crippen LogP contribution >= 0.6 is 11.6 Å². The quantitative estimate of drug-likeness (QED) is 0.679. The number of halogens is 1. The first-order valence-electron chi connectivity index (χ1n) is 8.44. The van der Waals surface area contributed by atoms with Crippen LogP contribution in [0.1, 0.15) is 27.8 Å². The Morgan fingerprint density at radius 1 is 1.22 bits per heavy atom. The van der Waals surface area contributed by atoms with Crippen molar-refractivity contribution >= 4 is 17.5 Å². The Balaban J connectivity index is 1.64. The molecule has 140 valence electrons. The monoisotopic (exact) mass is 385 g/mol. The molecule has 2 aromatic carbocycles. The van der Waals surface area contributed by atoms with Gasteiger partial charge in [0.1, 0.15) is 11.5 Å². The van der Waals surface area contributed by atoms with Crippen molar-refractivity contribution in [1.29, 1.82) is 0 Å². The summed E-state index contributed by atoms with van der Waals surface area (Å²) in [5.41, 5.74) is 1.48. The van der Waals surface area contributed by atoms with Crippen LogP contribution in [0.2, 0.25) is 5.02 Å². The minimum absolute atomic E-state index is 0.0274. The number of benzene rings is 2. The maximum Gasteiger partial charge on any atom is 0.273 e. The zero-order valence-corrected chi connectivity index (χ0v) is 15.8. The average molecular weight is 386 g/mol. The van der Waals surface area contributed by atoms with Gasteiger partial charge in [0, 0.05) is 13.6 Å². The van der Waals surface area contributed by atoms with Gasteiger partial charge in [0.15, 0.2) is 5.69 Å². The molecule has 0 spiro atoms. The largest absolute Gasteiger partial charge is 0.457 e. The van der Waals surface area contributed by atoms with Gasteiger partial charge in [-0.1, -0.05) is 41.9 Å². The third-order valence-electron chi connectivity index (χ3n) is 4.15. The Morgan fingerprint density at radius 3 is 2.59 bits per heavy atom. The van der Waals surface area contributed by atoms with Crippen molar-refractivity contribution in [1.82, 2.24) is 15.1 Å². The second-order valence-corrected chi connectivity index (χ2v) is 6.46. The summed E-state index contributed by atoms with van der Waals surface area (Å²) in [6, 6.07) is 16.5. The SMILES string of the molecule is Cc1c(Cl)c(C(=O)NC[C@H](O)c2cccc(Oc3ccccc3)c2)nn1C. The molecular formula is C20H20ClN3O3. The van der Waals surface area contributed by atoms with E-state index in [2.05, 4.69) is 10.4 Å². The van der Waals surface area contributed by atoms with Crippen LogP contribution in [0.5, 0.6) is 11.5 Å². The molecule has 0 fully saturated rings. The molecule has 2 N–H and O–H groups in total. The van der Waals surface area contributed by atoms with Gasteiger partial charge in [-0.25, -0.2) is 0 Å². The molecule has 0 saturated carbocycles. The smallest absolute Gasteiger partial charge is 0.273 e. The van der Waals surface area contributed by atoms with Crippen LogP contribution in [0.25, 0.3) is 0 Å². The number of rotatable bonds is 6. The number of carbonyl (C=O) groups is 1. The highest BCUT2D eigenvalue weighted by Gasteiger charge is 2.19. The lowest BCUT2D eigenvalue weighted by molar-refractivity contribution is 0.0911. The molecule has 3 rings (SSSR count). The van der Waals surface area contributed by atoms with Gasteiger partial charge in [-0.2, -0.15) is 5.10 Å². The first-order valence-corrected chi connectivity index (χ1v) is 8.81. The molecule has 0 bridgehead atoms. The third-order valence-corrected chi connectivity index (χ3v) is 4.61. The van der Waals surface area contributed by atoms with Crippen molar-refractivity contribution in [3.05, 3.63) is 76.6 Å². The van der Waals surface area contributed by atoms with Crippen molar-refractivity contribution in [3.8, 4) is 11.5 Å². The van der Waals surface area contributed by atoms with E-state index >= 15 is 0 Å². The molecule has 1 heterocycles. The maximum absolute atomic E-state index is 12.3. The number of nitrogens with zero attached hydrogens (tertiary/aromatic N) is 2. The zero-order chi connectivity index (χ0) is 19.4. The number of aryl methyl sites for hydroxylation is 1. The summed E-state index contributed by atoms with van der Waals surface area (Å²) in [6.45, 7) is 1.80. The Kier molecular flexibility index (Phi) is 5.78. The van der Waals surface area contributed by atoms with Crippen molar-refractivity contribution in [2.75, 3.05) is 6.54 Å². The highest BCUT2D eigenvalue weighted by Crippen LogP contribution is 2.24. The molecule has 0 aliphatic rings. The summed E-state index contributed by atoms with van der Waals surface area (Å²) >= 11 is 6.12. The standard InChI is InChI=1S/C20H20ClN3O3/c1-13-18(21)19(23-24(13)2)20(26)22-12-17(25)14-7-6-10-16(11-14)27-15-8-4-3-5-9-15/h3-11,17,25H,12H2,1-2H3,(H,22,26)/t17-/m0/s1. The second-order valence-electron chi connectivity index (χ2n) is 6.09. The first-order chi connectivity index (χ1) is 13.0. The third kappa shape index (κ3) is 4.48. The number of para-hydroxylation sites is 1. The maximum atomic E-state index is 12.3. The van der Waals surface area contributed by atoms with Crippen molar-refractivity contribution in [3.63, 3.8) is 0 Å². The number of hydrogen-bond acceptors (Lipinski definition) is 4. The number of aliphatic hydroxyl groups is 1. The molecule has 6 nitrogen and oxygen atoms in total. The molecule has 27 heavy (non-hydrogen) atoms. The molecule has 7 heteroatoms. The number of amides is 1. The molecule has 1 atom stereocenters. The molecule has 0 saturated heterocycles. The van der Waals surface area contributed by atoms with Gasteiger partial charge in [0.25, 0.3) is 5.91 Å². The van der Waals surface area contributed by atoms with Crippen LogP contribution in [0.15, 0.2) is 54.6 Å². The van der Waals surface area contributed by atoms with Crippen LogP contribution in [-0.4, -0.2) is 27.3 Å². The van der Waals surface area contributed by atoms with Crippen LogP contribution in [0.4, 0.5) is 0 Å². The summed E-state index contributed by atoms with van der Waals surface area (Å²) in [6.07, 6.45) is -0.892. The van der Waals surface area contributed by atoms with Gasteiger partial charge in [-0.15, -0.1) is 0 Å². The van der Waals surface area contributed by atoms with E-state index in [1.54, 1.807) is 38.2 Å². The second kappa shape index (κ2) is 8.24. The zero-order valence-electron chi connectivity index (χ0n) is 15.0. The molecule has 0 aliphatic carbocycles. The Bertz CT molecular complexity index is 941. The minimum atomic E-state index is -0.892. The molecule has 1 amide bonds.